The molecule has 6 atom stereocenters. The van der Waals surface area contributed by atoms with Gasteiger partial charge in [-0.3, -0.25) is 23.7 Å². The summed E-state index contributed by atoms with van der Waals surface area (Å²) in [5.41, 5.74) is -4.15. The molecule has 0 aliphatic carbocycles. The maximum atomic E-state index is 15.4. The zero-order valence-electron chi connectivity index (χ0n) is 21.0. The molecule has 1 aliphatic rings. The Balaban J connectivity index is 1.74. The number of aliphatic hydroxyl groups is 1. The van der Waals surface area contributed by atoms with Crippen molar-refractivity contribution in [3.8, 4) is 5.75 Å². The summed E-state index contributed by atoms with van der Waals surface area (Å²) in [5, 5.41) is 10.5. The number of ether oxygens (including phenoxy) is 2. The number of hydrogen-bond acceptors (Lipinski definition) is 9. The number of H-pyrrole nitrogens is 1. The average Bonchev–Trinajstić information content (AvgIpc) is 3.10. The topological polar surface area (TPSA) is 149 Å². The summed E-state index contributed by atoms with van der Waals surface area (Å²) in [7, 11) is -3.41. The highest BCUT2D eigenvalue weighted by Gasteiger charge is 2.55. The summed E-state index contributed by atoms with van der Waals surface area (Å²) in [6.07, 6.45) is -2.42. The Labute approximate surface area is 217 Å². The van der Waals surface area contributed by atoms with Crippen LogP contribution in [0.15, 0.2) is 46.1 Å². The van der Waals surface area contributed by atoms with Crippen LogP contribution in [0.4, 0.5) is 8.78 Å². The largest absolute Gasteiger partial charge is 0.464 e. The quantitative estimate of drug-likeness (QED) is 0.171. The molecule has 0 amide bonds. The Morgan fingerprint density at radius 3 is 2.63 bits per heavy atom. The molecule has 210 valence electrons. The van der Waals surface area contributed by atoms with E-state index in [9.17, 15) is 28.4 Å². The van der Waals surface area contributed by atoms with E-state index in [1.165, 1.54) is 19.1 Å². The van der Waals surface area contributed by atoms with Gasteiger partial charge in [-0.2, -0.15) is 0 Å². The molecule has 1 aromatic heterocycles. The first kappa shape index (κ1) is 29.7. The lowest BCUT2D eigenvalue weighted by Crippen LogP contribution is -2.43. The van der Waals surface area contributed by atoms with Gasteiger partial charge in [0.2, 0.25) is 0 Å². The molecule has 15 heteroatoms. The van der Waals surface area contributed by atoms with E-state index in [-0.39, 0.29) is 12.4 Å². The third-order valence-electron chi connectivity index (χ3n) is 5.82. The second-order valence-corrected chi connectivity index (χ2v) is 10.0. The number of halogens is 2. The van der Waals surface area contributed by atoms with Gasteiger partial charge in [0.05, 0.1) is 13.2 Å². The van der Waals surface area contributed by atoms with Crippen LogP contribution >= 0.6 is 8.18 Å². The first-order chi connectivity index (χ1) is 17.9. The summed E-state index contributed by atoms with van der Waals surface area (Å²) in [4.78, 5) is 44.2. The molecule has 2 unspecified atom stereocenters. The first-order valence-corrected chi connectivity index (χ1v) is 13.1. The molecule has 12 nitrogen and oxygen atoms in total. The summed E-state index contributed by atoms with van der Waals surface area (Å²) in [6.45, 7) is 3.79. The Morgan fingerprint density at radius 2 is 2.00 bits per heavy atom. The number of nitrogens with zero attached hydrogens (tertiary/aromatic N) is 2. The lowest BCUT2D eigenvalue weighted by atomic mass is 9.98. The Morgan fingerprint density at radius 1 is 1.32 bits per heavy atom. The minimum Gasteiger partial charge on any atom is -0.464 e. The van der Waals surface area contributed by atoms with Gasteiger partial charge >= 0.3 is 11.7 Å². The van der Waals surface area contributed by atoms with Crippen LogP contribution in [0, 0.1) is 5.82 Å². The van der Waals surface area contributed by atoms with Crippen LogP contribution in [-0.2, 0) is 23.4 Å². The number of carbonyl (C=O) groups excluding carboxylic acids is 1. The number of aromatic nitrogens is 2. The number of hydrogen-bond donors (Lipinski definition) is 2. The van der Waals surface area contributed by atoms with Gasteiger partial charge < -0.3 is 23.9 Å². The second kappa shape index (κ2) is 12.8. The van der Waals surface area contributed by atoms with Gasteiger partial charge in [0.25, 0.3) is 13.7 Å². The van der Waals surface area contributed by atoms with Crippen LogP contribution < -0.4 is 16.1 Å². The number of alkyl halides is 1. The predicted molar refractivity (Wildman–Crippen MR) is 130 cm³/mol. The Hall–Kier alpha value is -2.90. The smallest absolute Gasteiger partial charge is 0.330 e. The van der Waals surface area contributed by atoms with Crippen molar-refractivity contribution < 1.29 is 42.1 Å². The van der Waals surface area contributed by atoms with E-state index in [1.54, 1.807) is 0 Å². The zero-order valence-corrected chi connectivity index (χ0v) is 22.0. The molecule has 1 aliphatic heterocycles. The molecule has 2 N–H and O–H groups in total. The van der Waals surface area contributed by atoms with Crippen molar-refractivity contribution in [3.63, 3.8) is 0 Å². The molecule has 0 radical (unpaired) electrons. The molecular weight excluding hydrogens is 531 g/mol. The normalized spacial score (nSPS) is 24.8. The molecule has 38 heavy (non-hydrogen) atoms. The van der Waals surface area contributed by atoms with Gasteiger partial charge in [-0.1, -0.05) is 18.2 Å². The lowest BCUT2D eigenvalue weighted by molar-refractivity contribution is -0.155. The highest BCUT2D eigenvalue weighted by Crippen LogP contribution is 2.42. The Kier molecular flexibility index (Phi) is 9.96. The van der Waals surface area contributed by atoms with E-state index in [0.29, 0.717) is 6.42 Å². The van der Waals surface area contributed by atoms with Crippen LogP contribution in [0.5, 0.6) is 5.75 Å². The minimum absolute atomic E-state index is 0.0487. The predicted octanol–water partition coefficient (Wildman–Crippen LogP) is 2.10. The molecule has 1 aromatic carbocycles. The maximum Gasteiger partial charge on any atom is 0.330 e. The number of esters is 1. The van der Waals surface area contributed by atoms with Crippen molar-refractivity contribution in [2.45, 2.75) is 63.8 Å². The number of nitrogens with one attached hydrogen (secondary N) is 1. The van der Waals surface area contributed by atoms with Crippen molar-refractivity contribution in [1.82, 2.24) is 14.4 Å². The average molecular weight is 561 g/mol. The highest BCUT2D eigenvalue weighted by atomic mass is 31.1. The number of aromatic amines is 1. The summed E-state index contributed by atoms with van der Waals surface area (Å²) >= 11 is 0. The standard InChI is InChI=1S/C23H30F2N3O9P/c1-4-5-12-34-20(31)14(2)28(37-16-8-6-15(24)7-9-16)38(33)35-13-17-19(30)23(3,25)21(36-17)27-11-10-18(29)26-22(27)32/h6-11,14,17,19,21,30,38H,4-5,12-13H2,1-3H3,(H,26,29,32)/t14?,17-,19-,21-,23-/m1/s1. The number of hydroxylamine groups is 1. The van der Waals surface area contributed by atoms with Crippen LogP contribution in [0.25, 0.3) is 0 Å². The second-order valence-electron chi connectivity index (χ2n) is 8.79. The fourth-order valence-corrected chi connectivity index (χ4v) is 4.63. The summed E-state index contributed by atoms with van der Waals surface area (Å²) in [6, 6.07) is 4.45. The van der Waals surface area contributed by atoms with Gasteiger partial charge in [0.1, 0.15) is 29.8 Å². The molecule has 1 saturated heterocycles. The monoisotopic (exact) mass is 561 g/mol. The Bertz CT molecular complexity index is 1240. The fraction of sp³-hybridized carbons (Fsp3) is 0.522. The third kappa shape index (κ3) is 6.94. The van der Waals surface area contributed by atoms with Crippen molar-refractivity contribution >= 4 is 14.1 Å². The summed E-state index contributed by atoms with van der Waals surface area (Å²) < 4.78 is 58.6. The van der Waals surface area contributed by atoms with Gasteiger partial charge in [-0.05, 0) is 44.5 Å². The van der Waals surface area contributed by atoms with Gasteiger partial charge in [-0.25, -0.2) is 13.6 Å². The number of benzene rings is 1. The van der Waals surface area contributed by atoms with Gasteiger partial charge in [-0.15, -0.1) is 0 Å². The molecular formula is C23H30F2N3O9P. The molecule has 2 aromatic rings. The maximum absolute atomic E-state index is 15.4. The number of aliphatic hydroxyl groups excluding tert-OH is 1. The van der Waals surface area contributed by atoms with Crippen LogP contribution in [-0.4, -0.2) is 62.6 Å². The van der Waals surface area contributed by atoms with Crippen LogP contribution in [0.2, 0.25) is 0 Å². The van der Waals surface area contributed by atoms with Crippen LogP contribution in [0.3, 0.4) is 0 Å². The molecule has 0 saturated carbocycles. The first-order valence-electron chi connectivity index (χ1n) is 11.9. The third-order valence-corrected chi connectivity index (χ3v) is 7.08. The van der Waals surface area contributed by atoms with Crippen molar-refractivity contribution in [1.29, 1.82) is 0 Å². The van der Waals surface area contributed by atoms with E-state index in [2.05, 4.69) is 0 Å². The van der Waals surface area contributed by atoms with Gasteiger partial charge in [0.15, 0.2) is 11.9 Å². The molecule has 0 spiro atoms. The SMILES string of the molecule is CCCCOC(=O)C(C)N(Oc1ccc(F)cc1)[PH](=O)OC[C@H]1O[C@@H](n2ccc(=O)[nH]c2=O)[C@](C)(F)[C@@H]1O. The van der Waals surface area contributed by atoms with Crippen molar-refractivity contribution in [2.24, 2.45) is 0 Å². The molecule has 3 rings (SSSR count). The summed E-state index contributed by atoms with van der Waals surface area (Å²) in [5.74, 6) is -1.25. The van der Waals surface area contributed by atoms with Crippen LogP contribution in [0.1, 0.15) is 39.8 Å². The molecule has 2 heterocycles. The van der Waals surface area contributed by atoms with Crippen molar-refractivity contribution in [2.75, 3.05) is 13.2 Å². The van der Waals surface area contributed by atoms with Crippen molar-refractivity contribution in [3.05, 3.63) is 63.2 Å². The number of carbonyl (C=O) groups is 1. The van der Waals surface area contributed by atoms with E-state index in [1.807, 2.05) is 11.9 Å². The molecule has 0 bridgehead atoms. The highest BCUT2D eigenvalue weighted by molar-refractivity contribution is 7.36. The van der Waals surface area contributed by atoms with E-state index < -0.39 is 68.0 Å². The molecule has 1 fully saturated rings. The fourth-order valence-electron chi connectivity index (χ4n) is 3.60. The lowest BCUT2D eigenvalue weighted by Gasteiger charge is -2.27. The van der Waals surface area contributed by atoms with E-state index >= 15 is 4.39 Å². The van der Waals surface area contributed by atoms with Gasteiger partial charge in [0, 0.05) is 12.3 Å². The minimum atomic E-state index is -3.41. The van der Waals surface area contributed by atoms with E-state index in [4.69, 9.17) is 18.8 Å². The number of rotatable bonds is 12. The number of unbranched alkanes of at least 4 members (excludes halogenated alkanes) is 1. The van der Waals surface area contributed by atoms with E-state index in [0.717, 1.165) is 47.1 Å². The zero-order chi connectivity index (χ0) is 28.0.